The molecule has 15 heavy (non-hydrogen) atoms. The van der Waals surface area contributed by atoms with Gasteiger partial charge in [-0.2, -0.15) is 13.2 Å². The summed E-state index contributed by atoms with van der Waals surface area (Å²) in [7, 11) is 0. The minimum Gasteiger partial charge on any atom is -0.367 e. The van der Waals surface area contributed by atoms with Crippen LogP contribution in [0.3, 0.4) is 0 Å². The normalized spacial score (nSPS) is 20.5. The first-order valence-electron chi connectivity index (χ1n) is 4.50. The van der Waals surface area contributed by atoms with Crippen molar-refractivity contribution in [3.63, 3.8) is 0 Å². The van der Waals surface area contributed by atoms with Gasteiger partial charge in [-0.15, -0.1) is 5.73 Å². The maximum atomic E-state index is 11.7. The van der Waals surface area contributed by atoms with Crippen molar-refractivity contribution in [2.45, 2.75) is 6.18 Å². The van der Waals surface area contributed by atoms with E-state index in [-0.39, 0.29) is 12.5 Å². The van der Waals surface area contributed by atoms with Crippen molar-refractivity contribution in [1.82, 2.24) is 0 Å². The zero-order chi connectivity index (χ0) is 11.3. The molecule has 0 fully saturated rings. The summed E-state index contributed by atoms with van der Waals surface area (Å²) < 4.78 is 39.7. The molecule has 0 heterocycles. The Morgan fingerprint density at radius 3 is 2.67 bits per heavy atom. The van der Waals surface area contributed by atoms with Crippen molar-refractivity contribution in [1.29, 1.82) is 0 Å². The highest BCUT2D eigenvalue weighted by atomic mass is 19.4. The Labute approximate surface area is 85.9 Å². The van der Waals surface area contributed by atoms with Crippen molar-refractivity contribution >= 4 is 0 Å². The third-order valence-electron chi connectivity index (χ3n) is 1.82. The quantitative estimate of drug-likeness (QED) is 0.731. The van der Waals surface area contributed by atoms with E-state index in [4.69, 9.17) is 5.73 Å². The third kappa shape index (κ3) is 4.83. The number of halogens is 3. The van der Waals surface area contributed by atoms with Crippen LogP contribution in [0.15, 0.2) is 29.5 Å². The maximum Gasteiger partial charge on any atom is 0.411 e. The second-order valence-electron chi connectivity index (χ2n) is 3.20. The van der Waals surface area contributed by atoms with Crippen molar-refractivity contribution in [2.75, 3.05) is 19.8 Å². The van der Waals surface area contributed by atoms with E-state index in [0.29, 0.717) is 12.1 Å². The molecule has 0 saturated heterocycles. The Kier molecular flexibility index (Phi) is 4.15. The highest BCUT2D eigenvalue weighted by Crippen LogP contribution is 2.15. The smallest absolute Gasteiger partial charge is 0.367 e. The van der Waals surface area contributed by atoms with Gasteiger partial charge in [-0.3, -0.25) is 0 Å². The molecule has 1 atom stereocenters. The Hall–Kier alpha value is -1.03. The number of nitrogens with two attached hydrogens (primary N) is 1. The SMILES string of the molecule is NCC1C=C=C(COCC(F)(F)F)C=C1. The molecule has 84 valence electrons. The molecule has 1 rings (SSSR count). The number of ether oxygens (including phenoxy) is 1. The van der Waals surface area contributed by atoms with Gasteiger partial charge in [0.15, 0.2) is 0 Å². The van der Waals surface area contributed by atoms with Gasteiger partial charge < -0.3 is 10.5 Å². The standard InChI is InChI=1S/C10H12F3NO/c11-10(12,13)7-15-6-9-3-1-8(5-14)2-4-9/h1-3,8H,5-7,14H2. The van der Waals surface area contributed by atoms with E-state index in [1.807, 2.05) is 6.08 Å². The van der Waals surface area contributed by atoms with E-state index >= 15 is 0 Å². The number of hydrogen-bond donors (Lipinski definition) is 1. The summed E-state index contributed by atoms with van der Waals surface area (Å²) in [5.74, 6) is 0.122. The second-order valence-corrected chi connectivity index (χ2v) is 3.20. The fourth-order valence-corrected chi connectivity index (χ4v) is 1.07. The first kappa shape index (κ1) is 12.0. The van der Waals surface area contributed by atoms with Crippen LogP contribution in [0, 0.1) is 5.92 Å². The summed E-state index contributed by atoms with van der Waals surface area (Å²) in [4.78, 5) is 0. The predicted molar refractivity (Wildman–Crippen MR) is 50.2 cm³/mol. The monoisotopic (exact) mass is 219 g/mol. The highest BCUT2D eigenvalue weighted by molar-refractivity contribution is 5.25. The van der Waals surface area contributed by atoms with Crippen molar-refractivity contribution < 1.29 is 17.9 Å². The number of rotatable bonds is 4. The van der Waals surface area contributed by atoms with Crippen LogP contribution < -0.4 is 5.73 Å². The molecule has 5 heteroatoms. The molecule has 0 aromatic carbocycles. The number of alkyl halides is 3. The van der Waals surface area contributed by atoms with Crippen LogP contribution in [-0.4, -0.2) is 25.9 Å². The van der Waals surface area contributed by atoms with Gasteiger partial charge in [0.05, 0.1) is 6.61 Å². The molecule has 0 bridgehead atoms. The molecule has 0 saturated carbocycles. The van der Waals surface area contributed by atoms with Gasteiger partial charge in [0, 0.05) is 18.0 Å². The van der Waals surface area contributed by atoms with E-state index in [1.54, 1.807) is 12.2 Å². The van der Waals surface area contributed by atoms with Gasteiger partial charge in [0.2, 0.25) is 0 Å². The minimum absolute atomic E-state index is 0.0796. The molecular formula is C10H12F3NO. The summed E-state index contributed by atoms with van der Waals surface area (Å²) in [6.45, 7) is -0.837. The summed E-state index contributed by atoms with van der Waals surface area (Å²) >= 11 is 0. The molecule has 2 N–H and O–H groups in total. The van der Waals surface area contributed by atoms with Crippen LogP contribution in [0.25, 0.3) is 0 Å². The van der Waals surface area contributed by atoms with Gasteiger partial charge in [-0.25, -0.2) is 0 Å². The zero-order valence-corrected chi connectivity index (χ0v) is 8.05. The maximum absolute atomic E-state index is 11.7. The van der Waals surface area contributed by atoms with Crippen LogP contribution in [0.2, 0.25) is 0 Å². The van der Waals surface area contributed by atoms with Crippen LogP contribution in [0.4, 0.5) is 13.2 Å². The van der Waals surface area contributed by atoms with E-state index < -0.39 is 12.8 Å². The molecule has 1 aliphatic carbocycles. The van der Waals surface area contributed by atoms with Crippen molar-refractivity contribution in [3.8, 4) is 0 Å². The second kappa shape index (κ2) is 5.16. The lowest BCUT2D eigenvalue weighted by molar-refractivity contribution is -0.171. The Morgan fingerprint density at radius 2 is 2.20 bits per heavy atom. The Bertz CT molecular complexity index is 300. The Balaban J connectivity index is 2.36. The zero-order valence-electron chi connectivity index (χ0n) is 8.05. The average molecular weight is 219 g/mol. The lowest BCUT2D eigenvalue weighted by Gasteiger charge is -2.10. The number of hydrogen-bond acceptors (Lipinski definition) is 2. The highest BCUT2D eigenvalue weighted by Gasteiger charge is 2.27. The molecule has 0 amide bonds. The van der Waals surface area contributed by atoms with E-state index in [1.165, 1.54) is 0 Å². The van der Waals surface area contributed by atoms with Gasteiger partial charge in [-0.1, -0.05) is 12.2 Å². The molecule has 0 radical (unpaired) electrons. The molecular weight excluding hydrogens is 207 g/mol. The van der Waals surface area contributed by atoms with E-state index in [0.717, 1.165) is 0 Å². The lowest BCUT2D eigenvalue weighted by atomic mass is 10.0. The Morgan fingerprint density at radius 1 is 1.47 bits per heavy atom. The molecule has 0 aliphatic heterocycles. The van der Waals surface area contributed by atoms with Crippen molar-refractivity contribution in [2.24, 2.45) is 11.7 Å². The molecule has 0 spiro atoms. The molecule has 0 aromatic heterocycles. The molecule has 2 nitrogen and oxygen atoms in total. The first-order chi connectivity index (χ1) is 7.01. The van der Waals surface area contributed by atoms with Crippen LogP contribution in [-0.2, 0) is 4.74 Å². The van der Waals surface area contributed by atoms with Crippen LogP contribution >= 0.6 is 0 Å². The van der Waals surface area contributed by atoms with Gasteiger partial charge >= 0.3 is 6.18 Å². The molecule has 1 unspecified atom stereocenters. The first-order valence-corrected chi connectivity index (χ1v) is 4.50. The minimum atomic E-state index is -4.28. The molecule has 0 aromatic rings. The predicted octanol–water partition coefficient (Wildman–Crippen LogP) is 1.79. The lowest BCUT2D eigenvalue weighted by Crippen LogP contribution is -2.18. The molecule has 1 aliphatic rings. The average Bonchev–Trinajstić information content (AvgIpc) is 2.17. The topological polar surface area (TPSA) is 35.2 Å². The van der Waals surface area contributed by atoms with Gasteiger partial charge in [0.25, 0.3) is 0 Å². The fourth-order valence-electron chi connectivity index (χ4n) is 1.07. The summed E-state index contributed by atoms with van der Waals surface area (Å²) in [6, 6.07) is 0. The largest absolute Gasteiger partial charge is 0.411 e. The van der Waals surface area contributed by atoms with Crippen LogP contribution in [0.5, 0.6) is 0 Å². The fraction of sp³-hybridized carbons (Fsp3) is 0.500. The summed E-state index contributed by atoms with van der Waals surface area (Å²) in [5, 5.41) is 0. The third-order valence-corrected chi connectivity index (χ3v) is 1.82. The van der Waals surface area contributed by atoms with Gasteiger partial charge in [-0.05, 0) is 6.08 Å². The summed E-state index contributed by atoms with van der Waals surface area (Å²) in [6.07, 6.45) is 0.964. The van der Waals surface area contributed by atoms with Crippen LogP contribution in [0.1, 0.15) is 0 Å². The van der Waals surface area contributed by atoms with Gasteiger partial charge in [0.1, 0.15) is 6.61 Å². The van der Waals surface area contributed by atoms with E-state index in [2.05, 4.69) is 10.5 Å². The summed E-state index contributed by atoms with van der Waals surface area (Å²) in [5.41, 5.74) is 8.83. The van der Waals surface area contributed by atoms with E-state index in [9.17, 15) is 13.2 Å². The van der Waals surface area contributed by atoms with Crippen molar-refractivity contribution in [3.05, 3.63) is 29.5 Å².